The lowest BCUT2D eigenvalue weighted by molar-refractivity contribution is 0.174. The highest BCUT2D eigenvalue weighted by Crippen LogP contribution is 2.35. The monoisotopic (exact) mass is 320 g/mol. The molecule has 0 amide bonds. The number of ether oxygens (including phenoxy) is 2. The number of nitrogens with zero attached hydrogens (tertiary/aromatic N) is 2. The Morgan fingerprint density at radius 2 is 1.79 bits per heavy atom. The van der Waals surface area contributed by atoms with Crippen LogP contribution in [0.1, 0.15) is 16.7 Å². The van der Waals surface area contributed by atoms with E-state index in [0.717, 1.165) is 30.1 Å². The Kier molecular flexibility index (Phi) is 3.82. The Balaban J connectivity index is 1.55. The second-order valence-corrected chi connectivity index (χ2v) is 6.29. The van der Waals surface area contributed by atoms with Gasteiger partial charge in [-0.3, -0.25) is 9.88 Å². The fraction of sp³-hybridized carbons (Fsp3) is 0.250. The number of fused-ring (bicyclic) bond motifs is 2. The maximum atomic E-state index is 5.50. The van der Waals surface area contributed by atoms with Gasteiger partial charge in [0.1, 0.15) is 0 Å². The zero-order valence-electron chi connectivity index (χ0n) is 14.0. The van der Waals surface area contributed by atoms with Crippen molar-refractivity contribution >= 4 is 10.9 Å². The van der Waals surface area contributed by atoms with Gasteiger partial charge in [-0.05, 0) is 54.9 Å². The average Bonchev–Trinajstić information content (AvgIpc) is 3.02. The molecule has 24 heavy (non-hydrogen) atoms. The summed E-state index contributed by atoms with van der Waals surface area (Å²) < 4.78 is 10.9. The van der Waals surface area contributed by atoms with E-state index in [2.05, 4.69) is 60.3 Å². The van der Waals surface area contributed by atoms with Crippen molar-refractivity contribution in [3.63, 3.8) is 0 Å². The van der Waals surface area contributed by atoms with Crippen LogP contribution in [0, 0.1) is 6.92 Å². The molecule has 0 fully saturated rings. The van der Waals surface area contributed by atoms with Crippen LogP contribution in [0.2, 0.25) is 0 Å². The van der Waals surface area contributed by atoms with Gasteiger partial charge >= 0.3 is 0 Å². The molecule has 2 heterocycles. The van der Waals surface area contributed by atoms with Gasteiger partial charge in [-0.15, -0.1) is 0 Å². The van der Waals surface area contributed by atoms with Gasteiger partial charge in [-0.2, -0.15) is 0 Å². The minimum Gasteiger partial charge on any atom is -0.454 e. The van der Waals surface area contributed by atoms with Gasteiger partial charge in [0.2, 0.25) is 6.79 Å². The van der Waals surface area contributed by atoms with Gasteiger partial charge in [0.25, 0.3) is 0 Å². The third kappa shape index (κ3) is 2.81. The van der Waals surface area contributed by atoms with E-state index in [1.165, 1.54) is 22.1 Å². The number of benzene rings is 2. The quantitative estimate of drug-likeness (QED) is 0.730. The van der Waals surface area contributed by atoms with E-state index in [-0.39, 0.29) is 0 Å². The van der Waals surface area contributed by atoms with Crippen LogP contribution in [-0.2, 0) is 13.1 Å². The van der Waals surface area contributed by atoms with Crippen molar-refractivity contribution in [2.75, 3.05) is 13.8 Å². The first-order valence-electron chi connectivity index (χ1n) is 8.11. The first kappa shape index (κ1) is 15.0. The topological polar surface area (TPSA) is 34.6 Å². The Bertz CT molecular complexity index is 887. The first-order valence-corrected chi connectivity index (χ1v) is 8.11. The van der Waals surface area contributed by atoms with E-state index in [9.17, 15) is 0 Å². The second-order valence-electron chi connectivity index (χ2n) is 6.29. The molecule has 1 aromatic heterocycles. The average molecular weight is 320 g/mol. The highest BCUT2D eigenvalue weighted by atomic mass is 16.7. The lowest BCUT2D eigenvalue weighted by atomic mass is 10.1. The third-order valence-electron chi connectivity index (χ3n) is 4.45. The lowest BCUT2D eigenvalue weighted by Crippen LogP contribution is -2.18. The van der Waals surface area contributed by atoms with E-state index in [1.807, 2.05) is 12.3 Å². The maximum Gasteiger partial charge on any atom is 0.231 e. The summed E-state index contributed by atoms with van der Waals surface area (Å²) in [5, 5.41) is 1.22. The minimum atomic E-state index is 0.317. The molecule has 122 valence electrons. The molecule has 0 aliphatic carbocycles. The predicted octanol–water partition coefficient (Wildman–Crippen LogP) is 3.90. The van der Waals surface area contributed by atoms with Crippen molar-refractivity contribution < 1.29 is 9.47 Å². The predicted molar refractivity (Wildman–Crippen MR) is 94.2 cm³/mol. The van der Waals surface area contributed by atoms with Crippen LogP contribution in [0.25, 0.3) is 10.9 Å². The van der Waals surface area contributed by atoms with Crippen LogP contribution < -0.4 is 9.47 Å². The number of aromatic nitrogens is 1. The standard InChI is InChI=1S/C20H20N2O2/c1-14-9-19-20(24-13-23-19)10-16(14)12-22(2)11-15-5-3-7-18-17(15)6-4-8-21-18/h3-10H,11-13H2,1-2H3. The number of hydrogen-bond acceptors (Lipinski definition) is 4. The summed E-state index contributed by atoms with van der Waals surface area (Å²) in [6, 6.07) is 14.6. The highest BCUT2D eigenvalue weighted by molar-refractivity contribution is 5.81. The largest absolute Gasteiger partial charge is 0.454 e. The molecule has 1 aliphatic heterocycles. The summed E-state index contributed by atoms with van der Waals surface area (Å²) in [5.74, 6) is 1.69. The molecule has 4 heteroatoms. The summed E-state index contributed by atoms with van der Waals surface area (Å²) in [7, 11) is 2.14. The summed E-state index contributed by atoms with van der Waals surface area (Å²) in [6.45, 7) is 4.17. The van der Waals surface area contributed by atoms with Gasteiger partial charge in [-0.25, -0.2) is 0 Å². The normalized spacial score (nSPS) is 13.0. The van der Waals surface area contributed by atoms with E-state index < -0.39 is 0 Å². The number of aryl methyl sites for hydroxylation is 1. The van der Waals surface area contributed by atoms with E-state index in [1.54, 1.807) is 0 Å². The van der Waals surface area contributed by atoms with Crippen LogP contribution in [0.4, 0.5) is 0 Å². The molecule has 1 aliphatic rings. The van der Waals surface area contributed by atoms with Crippen molar-refractivity contribution in [2.24, 2.45) is 0 Å². The zero-order chi connectivity index (χ0) is 16.5. The molecule has 2 aromatic carbocycles. The summed E-state index contributed by atoms with van der Waals surface area (Å²) in [4.78, 5) is 6.75. The molecule has 0 atom stereocenters. The van der Waals surface area contributed by atoms with Crippen molar-refractivity contribution in [3.8, 4) is 11.5 Å². The SMILES string of the molecule is Cc1cc2c(cc1CN(C)Cc1cccc3ncccc13)OCO2. The summed E-state index contributed by atoms with van der Waals surface area (Å²) >= 11 is 0. The molecular formula is C20H20N2O2. The maximum absolute atomic E-state index is 5.50. The smallest absolute Gasteiger partial charge is 0.231 e. The van der Waals surface area contributed by atoms with Crippen molar-refractivity contribution in [1.82, 2.24) is 9.88 Å². The summed E-state index contributed by atoms with van der Waals surface area (Å²) in [5.41, 5.74) is 4.83. The molecule has 0 bridgehead atoms. The van der Waals surface area contributed by atoms with E-state index in [0.29, 0.717) is 6.79 Å². The Morgan fingerprint density at radius 1 is 1.00 bits per heavy atom. The molecule has 0 radical (unpaired) electrons. The van der Waals surface area contributed by atoms with E-state index >= 15 is 0 Å². The fourth-order valence-corrected chi connectivity index (χ4v) is 3.20. The highest BCUT2D eigenvalue weighted by Gasteiger charge is 2.16. The number of hydrogen-bond donors (Lipinski definition) is 0. The van der Waals surface area contributed by atoms with Crippen molar-refractivity contribution in [1.29, 1.82) is 0 Å². The van der Waals surface area contributed by atoms with Gasteiger partial charge in [0.05, 0.1) is 5.52 Å². The van der Waals surface area contributed by atoms with Crippen LogP contribution in [0.5, 0.6) is 11.5 Å². The van der Waals surface area contributed by atoms with Gasteiger partial charge < -0.3 is 9.47 Å². The van der Waals surface area contributed by atoms with Crippen LogP contribution in [0.15, 0.2) is 48.7 Å². The molecule has 0 spiro atoms. The zero-order valence-corrected chi connectivity index (χ0v) is 14.0. The van der Waals surface area contributed by atoms with Gasteiger partial charge in [0, 0.05) is 24.7 Å². The summed E-state index contributed by atoms with van der Waals surface area (Å²) in [6.07, 6.45) is 1.84. The fourth-order valence-electron chi connectivity index (χ4n) is 3.20. The van der Waals surface area contributed by atoms with Crippen molar-refractivity contribution in [3.05, 3.63) is 65.4 Å². The molecule has 0 saturated carbocycles. The minimum absolute atomic E-state index is 0.317. The Morgan fingerprint density at radius 3 is 2.67 bits per heavy atom. The molecule has 4 rings (SSSR count). The number of pyridine rings is 1. The van der Waals surface area contributed by atoms with Crippen LogP contribution >= 0.6 is 0 Å². The molecule has 3 aromatic rings. The van der Waals surface area contributed by atoms with Crippen molar-refractivity contribution in [2.45, 2.75) is 20.0 Å². The Hall–Kier alpha value is -2.59. The lowest BCUT2D eigenvalue weighted by Gasteiger charge is -2.19. The van der Waals surface area contributed by atoms with Gasteiger partial charge in [-0.1, -0.05) is 18.2 Å². The molecule has 0 saturated heterocycles. The van der Waals surface area contributed by atoms with E-state index in [4.69, 9.17) is 9.47 Å². The van der Waals surface area contributed by atoms with Crippen LogP contribution in [-0.4, -0.2) is 23.7 Å². The molecule has 0 unspecified atom stereocenters. The Labute approximate surface area is 141 Å². The molecule has 0 N–H and O–H groups in total. The number of rotatable bonds is 4. The molecule has 4 nitrogen and oxygen atoms in total. The van der Waals surface area contributed by atoms with Gasteiger partial charge in [0.15, 0.2) is 11.5 Å². The molecular weight excluding hydrogens is 300 g/mol. The third-order valence-corrected chi connectivity index (χ3v) is 4.45. The van der Waals surface area contributed by atoms with Crippen LogP contribution in [0.3, 0.4) is 0 Å². The first-order chi connectivity index (χ1) is 11.7. The second kappa shape index (κ2) is 6.13.